The Hall–Kier alpha value is -2.39. The highest BCUT2D eigenvalue weighted by Gasteiger charge is 2.51. The van der Waals surface area contributed by atoms with Crippen LogP contribution in [0.5, 0.6) is 0 Å². The zero-order valence-electron chi connectivity index (χ0n) is 18.2. The average molecular weight is 419 g/mol. The normalized spacial score (nSPS) is 18.0. The first-order valence-corrected chi connectivity index (χ1v) is 10.1. The molecule has 1 aliphatic rings. The molecule has 8 nitrogen and oxygen atoms in total. The van der Waals surface area contributed by atoms with Gasteiger partial charge in [-0.05, 0) is 45.6 Å². The van der Waals surface area contributed by atoms with Crippen LogP contribution >= 0.6 is 0 Å². The van der Waals surface area contributed by atoms with Crippen LogP contribution in [0.2, 0.25) is 0 Å². The van der Waals surface area contributed by atoms with Crippen molar-refractivity contribution in [1.82, 2.24) is 5.32 Å². The predicted molar refractivity (Wildman–Crippen MR) is 111 cm³/mol. The zero-order valence-corrected chi connectivity index (χ0v) is 18.2. The van der Waals surface area contributed by atoms with Crippen LogP contribution in [0.15, 0.2) is 24.3 Å². The third-order valence-electron chi connectivity index (χ3n) is 5.44. The minimum atomic E-state index is -1.14. The third kappa shape index (κ3) is 6.06. The van der Waals surface area contributed by atoms with Gasteiger partial charge in [-0.1, -0.05) is 24.3 Å². The second-order valence-corrected chi connectivity index (χ2v) is 8.30. The highest BCUT2D eigenvalue weighted by atomic mass is 16.7. The Balaban J connectivity index is 1.96. The van der Waals surface area contributed by atoms with Crippen molar-refractivity contribution in [1.29, 1.82) is 0 Å². The van der Waals surface area contributed by atoms with E-state index in [0.29, 0.717) is 0 Å². The van der Waals surface area contributed by atoms with Gasteiger partial charge < -0.3 is 24.5 Å². The molecule has 1 aliphatic heterocycles. The van der Waals surface area contributed by atoms with Crippen molar-refractivity contribution in [2.75, 3.05) is 6.61 Å². The van der Waals surface area contributed by atoms with E-state index in [-0.39, 0.29) is 25.9 Å². The summed E-state index contributed by atoms with van der Waals surface area (Å²) in [7, 11) is -0.498. The number of carbonyl (C=O) groups is 3. The van der Waals surface area contributed by atoms with Crippen molar-refractivity contribution in [3.05, 3.63) is 29.8 Å². The standard InChI is InChI=1S/C21H30BNO7/c1-6-28-18(25)12-11-17(24)23-16(19(26)27)13-14-7-9-15(10-8-14)22-29-20(2,3)21(4,5)30-22/h7-10,16H,6,11-13H2,1-5H3,(H,23,24)(H,26,27)/t16-/m0/s1. The van der Waals surface area contributed by atoms with Crippen molar-refractivity contribution in [2.24, 2.45) is 0 Å². The van der Waals surface area contributed by atoms with E-state index < -0.39 is 42.2 Å². The van der Waals surface area contributed by atoms with E-state index in [9.17, 15) is 19.5 Å². The van der Waals surface area contributed by atoms with Crippen LogP contribution in [0.3, 0.4) is 0 Å². The maximum Gasteiger partial charge on any atom is 0.494 e. The second-order valence-electron chi connectivity index (χ2n) is 8.30. The maximum atomic E-state index is 12.0. The molecule has 0 radical (unpaired) electrons. The molecule has 1 heterocycles. The van der Waals surface area contributed by atoms with Gasteiger partial charge in [-0.25, -0.2) is 4.79 Å². The molecule has 1 amide bonds. The Morgan fingerprint density at radius 3 is 2.13 bits per heavy atom. The van der Waals surface area contributed by atoms with Crippen LogP contribution in [0, 0.1) is 0 Å². The lowest BCUT2D eigenvalue weighted by Crippen LogP contribution is -2.42. The number of ether oxygens (including phenoxy) is 1. The molecule has 1 aromatic rings. The molecule has 1 saturated heterocycles. The lowest BCUT2D eigenvalue weighted by atomic mass is 9.78. The lowest BCUT2D eigenvalue weighted by Gasteiger charge is -2.32. The minimum Gasteiger partial charge on any atom is -0.480 e. The molecule has 0 aliphatic carbocycles. The van der Waals surface area contributed by atoms with Crippen LogP contribution in [0.4, 0.5) is 0 Å². The molecule has 0 saturated carbocycles. The molecule has 1 fully saturated rings. The van der Waals surface area contributed by atoms with Crippen LogP contribution in [0.25, 0.3) is 0 Å². The van der Waals surface area contributed by atoms with Gasteiger partial charge in [-0.3, -0.25) is 9.59 Å². The molecule has 9 heteroatoms. The number of rotatable bonds is 9. The topological polar surface area (TPSA) is 111 Å². The summed E-state index contributed by atoms with van der Waals surface area (Å²) in [5.41, 5.74) is 0.688. The number of nitrogens with one attached hydrogen (secondary N) is 1. The van der Waals surface area contributed by atoms with E-state index >= 15 is 0 Å². The van der Waals surface area contributed by atoms with Crippen molar-refractivity contribution in [3.8, 4) is 0 Å². The van der Waals surface area contributed by atoms with Crippen LogP contribution in [0.1, 0.15) is 53.0 Å². The highest BCUT2D eigenvalue weighted by molar-refractivity contribution is 6.62. The van der Waals surface area contributed by atoms with E-state index in [1.807, 2.05) is 39.8 Å². The lowest BCUT2D eigenvalue weighted by molar-refractivity contribution is -0.144. The average Bonchev–Trinajstić information content (AvgIpc) is 2.87. The van der Waals surface area contributed by atoms with Gasteiger partial charge >= 0.3 is 19.1 Å². The Morgan fingerprint density at radius 1 is 1.07 bits per heavy atom. The number of esters is 1. The van der Waals surface area contributed by atoms with Gasteiger partial charge in [-0.15, -0.1) is 0 Å². The molecule has 0 aromatic heterocycles. The predicted octanol–water partition coefficient (Wildman–Crippen LogP) is 1.44. The van der Waals surface area contributed by atoms with Crippen molar-refractivity contribution < 1.29 is 33.5 Å². The van der Waals surface area contributed by atoms with Crippen LogP contribution in [-0.4, -0.2) is 53.9 Å². The molecule has 2 N–H and O–H groups in total. The monoisotopic (exact) mass is 419 g/mol. The summed E-state index contributed by atoms with van der Waals surface area (Å²) in [5, 5.41) is 11.9. The summed E-state index contributed by atoms with van der Waals surface area (Å²) >= 11 is 0. The third-order valence-corrected chi connectivity index (χ3v) is 5.44. The molecular weight excluding hydrogens is 389 g/mol. The van der Waals surface area contributed by atoms with E-state index in [2.05, 4.69) is 5.32 Å². The van der Waals surface area contributed by atoms with Gasteiger partial charge in [0.15, 0.2) is 0 Å². The Kier molecular flexibility index (Phi) is 7.66. The van der Waals surface area contributed by atoms with Gasteiger partial charge in [0, 0.05) is 12.8 Å². The number of amides is 1. The number of benzene rings is 1. The largest absolute Gasteiger partial charge is 0.494 e. The maximum absolute atomic E-state index is 12.0. The molecular formula is C21H30BNO7. The van der Waals surface area contributed by atoms with Crippen LogP contribution < -0.4 is 10.8 Å². The van der Waals surface area contributed by atoms with Gasteiger partial charge in [0.2, 0.25) is 5.91 Å². The summed E-state index contributed by atoms with van der Waals surface area (Å²) in [6.07, 6.45) is -0.0948. The summed E-state index contributed by atoms with van der Waals surface area (Å²) in [5.74, 6) is -2.14. The van der Waals surface area contributed by atoms with E-state index in [1.165, 1.54) is 0 Å². The molecule has 0 spiro atoms. The number of carboxylic acid groups (broad SMARTS) is 1. The van der Waals surface area contributed by atoms with Gasteiger partial charge in [0.05, 0.1) is 24.2 Å². The van der Waals surface area contributed by atoms with Crippen molar-refractivity contribution in [3.63, 3.8) is 0 Å². The Labute approximate surface area is 177 Å². The van der Waals surface area contributed by atoms with Crippen molar-refractivity contribution >= 4 is 30.4 Å². The number of carbonyl (C=O) groups excluding carboxylic acids is 2. The van der Waals surface area contributed by atoms with Crippen molar-refractivity contribution in [2.45, 2.75) is 71.1 Å². The molecule has 2 rings (SSSR count). The molecule has 0 unspecified atom stereocenters. The van der Waals surface area contributed by atoms with Gasteiger partial charge in [-0.2, -0.15) is 0 Å². The fourth-order valence-electron chi connectivity index (χ4n) is 2.94. The first kappa shape index (κ1) is 23.9. The SMILES string of the molecule is CCOC(=O)CCC(=O)N[C@@H](Cc1ccc(B2OC(C)(C)C(C)(C)O2)cc1)C(=O)O. The zero-order chi connectivity index (χ0) is 22.5. The number of hydrogen-bond donors (Lipinski definition) is 2. The van der Waals surface area contributed by atoms with E-state index in [1.54, 1.807) is 19.1 Å². The number of carboxylic acids is 1. The highest BCUT2D eigenvalue weighted by Crippen LogP contribution is 2.36. The molecule has 1 aromatic carbocycles. The molecule has 1 atom stereocenters. The van der Waals surface area contributed by atoms with E-state index in [4.69, 9.17) is 14.0 Å². The first-order chi connectivity index (χ1) is 13.9. The summed E-state index contributed by atoms with van der Waals surface area (Å²) in [4.78, 5) is 34.9. The Bertz CT molecular complexity index is 760. The fourth-order valence-corrected chi connectivity index (χ4v) is 2.94. The Morgan fingerprint density at radius 2 is 1.63 bits per heavy atom. The smallest absolute Gasteiger partial charge is 0.480 e. The molecule has 30 heavy (non-hydrogen) atoms. The summed E-state index contributed by atoms with van der Waals surface area (Å²) in [6, 6.07) is 6.16. The van der Waals surface area contributed by atoms with E-state index in [0.717, 1.165) is 11.0 Å². The summed E-state index contributed by atoms with van der Waals surface area (Å²) < 4.78 is 16.8. The van der Waals surface area contributed by atoms with Gasteiger partial charge in [0.1, 0.15) is 6.04 Å². The van der Waals surface area contributed by atoms with Crippen LogP contribution in [-0.2, 0) is 34.9 Å². The first-order valence-electron chi connectivity index (χ1n) is 10.1. The second kappa shape index (κ2) is 9.62. The molecule has 164 valence electrons. The quantitative estimate of drug-likeness (QED) is 0.460. The summed E-state index contributed by atoms with van der Waals surface area (Å²) in [6.45, 7) is 9.82. The minimum absolute atomic E-state index is 0.0885. The molecule has 0 bridgehead atoms. The fraction of sp³-hybridized carbons (Fsp3) is 0.571. The number of aliphatic carboxylic acids is 1. The van der Waals surface area contributed by atoms with Gasteiger partial charge in [0.25, 0.3) is 0 Å². The number of hydrogen-bond acceptors (Lipinski definition) is 6.